The van der Waals surface area contributed by atoms with E-state index in [4.69, 9.17) is 0 Å². The van der Waals surface area contributed by atoms with Gasteiger partial charge in [-0.2, -0.15) is 0 Å². The molecule has 4 atom stereocenters. The summed E-state index contributed by atoms with van der Waals surface area (Å²) in [5.74, 6) is 2.75. The number of piperazine rings is 1. The van der Waals surface area contributed by atoms with E-state index in [0.29, 0.717) is 12.6 Å². The highest BCUT2D eigenvalue weighted by molar-refractivity contribution is 5.85. The molecular formula is C21H32ClN3O. The van der Waals surface area contributed by atoms with E-state index < -0.39 is 0 Å². The fraction of sp³-hybridized carbons (Fsp3) is 0.667. The second-order valence-corrected chi connectivity index (χ2v) is 8.29. The summed E-state index contributed by atoms with van der Waals surface area (Å²) in [7, 11) is 0. The lowest BCUT2D eigenvalue weighted by Crippen LogP contribution is -2.51. The van der Waals surface area contributed by atoms with Crippen molar-refractivity contribution in [1.29, 1.82) is 0 Å². The van der Waals surface area contributed by atoms with E-state index in [1.54, 1.807) is 0 Å². The first kappa shape index (κ1) is 19.5. The molecule has 1 amide bonds. The van der Waals surface area contributed by atoms with Gasteiger partial charge in [0.05, 0.1) is 6.54 Å². The van der Waals surface area contributed by atoms with Gasteiger partial charge in [-0.3, -0.25) is 9.69 Å². The Morgan fingerprint density at radius 1 is 1.12 bits per heavy atom. The maximum absolute atomic E-state index is 12.5. The van der Waals surface area contributed by atoms with Crippen LogP contribution in [0.1, 0.15) is 32.6 Å². The van der Waals surface area contributed by atoms with Crippen LogP contribution >= 0.6 is 12.4 Å². The Bertz CT molecular complexity index is 588. The van der Waals surface area contributed by atoms with Crippen molar-refractivity contribution in [1.82, 2.24) is 10.2 Å². The minimum Gasteiger partial charge on any atom is -0.369 e. The van der Waals surface area contributed by atoms with Crippen molar-refractivity contribution in [3.05, 3.63) is 30.3 Å². The second kappa shape index (κ2) is 8.62. The van der Waals surface area contributed by atoms with E-state index in [1.807, 2.05) is 0 Å². The highest BCUT2D eigenvalue weighted by Gasteiger charge is 2.42. The molecule has 0 spiro atoms. The van der Waals surface area contributed by atoms with Crippen LogP contribution in [0, 0.1) is 17.8 Å². The monoisotopic (exact) mass is 377 g/mol. The summed E-state index contributed by atoms with van der Waals surface area (Å²) in [6, 6.07) is 10.9. The van der Waals surface area contributed by atoms with Gasteiger partial charge in [-0.25, -0.2) is 0 Å². The zero-order valence-corrected chi connectivity index (χ0v) is 16.6. The van der Waals surface area contributed by atoms with Gasteiger partial charge in [0.15, 0.2) is 0 Å². The number of halogens is 1. The third-order valence-corrected chi connectivity index (χ3v) is 6.68. The van der Waals surface area contributed by atoms with Crippen LogP contribution in [0.3, 0.4) is 0 Å². The Morgan fingerprint density at radius 2 is 1.85 bits per heavy atom. The number of hydrogen-bond donors (Lipinski definition) is 1. The van der Waals surface area contributed by atoms with Gasteiger partial charge < -0.3 is 10.2 Å². The topological polar surface area (TPSA) is 35.6 Å². The quantitative estimate of drug-likeness (QED) is 0.856. The van der Waals surface area contributed by atoms with E-state index in [2.05, 4.69) is 52.4 Å². The van der Waals surface area contributed by atoms with E-state index in [9.17, 15) is 4.79 Å². The second-order valence-electron chi connectivity index (χ2n) is 8.29. The molecule has 3 aliphatic rings. The fourth-order valence-corrected chi connectivity index (χ4v) is 5.32. The Hall–Kier alpha value is -1.26. The third-order valence-electron chi connectivity index (χ3n) is 6.68. The minimum absolute atomic E-state index is 0. The number of para-hydroxylation sites is 1. The largest absolute Gasteiger partial charge is 0.369 e. The molecule has 2 aliphatic carbocycles. The van der Waals surface area contributed by atoms with E-state index in [0.717, 1.165) is 43.9 Å². The van der Waals surface area contributed by atoms with Gasteiger partial charge in [0.1, 0.15) is 0 Å². The van der Waals surface area contributed by atoms with Gasteiger partial charge in [0.2, 0.25) is 5.91 Å². The third kappa shape index (κ3) is 4.34. The number of carbonyl (C=O) groups is 1. The van der Waals surface area contributed by atoms with Crippen LogP contribution in [-0.2, 0) is 4.79 Å². The summed E-state index contributed by atoms with van der Waals surface area (Å²) < 4.78 is 0. The van der Waals surface area contributed by atoms with Crippen LogP contribution in [-0.4, -0.2) is 49.6 Å². The first-order valence-corrected chi connectivity index (χ1v) is 10.0. The molecule has 0 radical (unpaired) electrons. The molecule has 0 aromatic heterocycles. The molecule has 3 fully saturated rings. The zero-order chi connectivity index (χ0) is 17.2. The molecule has 1 aliphatic heterocycles. The van der Waals surface area contributed by atoms with Gasteiger partial charge in [-0.1, -0.05) is 24.6 Å². The Balaban J connectivity index is 0.00000196. The molecule has 1 heterocycles. The number of hydrogen-bond acceptors (Lipinski definition) is 3. The normalized spacial score (nSPS) is 29.3. The van der Waals surface area contributed by atoms with Crippen LogP contribution in [0.25, 0.3) is 0 Å². The number of carbonyl (C=O) groups excluding carboxylic acids is 1. The van der Waals surface area contributed by atoms with Crippen molar-refractivity contribution >= 4 is 24.0 Å². The molecule has 5 heteroatoms. The highest BCUT2D eigenvalue weighted by Crippen LogP contribution is 2.49. The zero-order valence-electron chi connectivity index (χ0n) is 15.8. The number of rotatable bonds is 5. The summed E-state index contributed by atoms with van der Waals surface area (Å²) in [5.41, 5.74) is 1.29. The Kier molecular flexibility index (Phi) is 6.46. The molecule has 2 saturated carbocycles. The number of nitrogens with zero attached hydrogens (tertiary/aromatic N) is 2. The summed E-state index contributed by atoms with van der Waals surface area (Å²) in [6.07, 6.45) is 5.55. The molecule has 1 aromatic carbocycles. The Morgan fingerprint density at radius 3 is 2.46 bits per heavy atom. The lowest BCUT2D eigenvalue weighted by Gasteiger charge is -2.36. The molecule has 144 valence electrons. The predicted molar refractivity (Wildman–Crippen MR) is 109 cm³/mol. The van der Waals surface area contributed by atoms with Gasteiger partial charge in [0, 0.05) is 37.9 Å². The molecule has 1 saturated heterocycles. The van der Waals surface area contributed by atoms with Crippen LogP contribution in [0.15, 0.2) is 30.3 Å². The van der Waals surface area contributed by atoms with E-state index >= 15 is 0 Å². The van der Waals surface area contributed by atoms with E-state index in [-0.39, 0.29) is 18.3 Å². The highest BCUT2D eigenvalue weighted by atomic mass is 35.5. The Labute approximate surface area is 163 Å². The lowest BCUT2D eigenvalue weighted by atomic mass is 9.84. The van der Waals surface area contributed by atoms with Gasteiger partial charge in [-0.15, -0.1) is 12.4 Å². The summed E-state index contributed by atoms with van der Waals surface area (Å²) in [4.78, 5) is 17.2. The molecule has 1 aromatic rings. The SMILES string of the molecule is CC(NC(=O)CN1CCN(c2ccccc2)CC1)C1CC2CCC1C2.Cl. The molecular weight excluding hydrogens is 346 g/mol. The van der Waals surface area contributed by atoms with Gasteiger partial charge in [0.25, 0.3) is 0 Å². The van der Waals surface area contributed by atoms with Crippen molar-refractivity contribution in [3.63, 3.8) is 0 Å². The number of anilines is 1. The van der Waals surface area contributed by atoms with Crippen molar-refractivity contribution in [2.75, 3.05) is 37.6 Å². The first-order chi connectivity index (χ1) is 12.2. The molecule has 1 N–H and O–H groups in total. The lowest BCUT2D eigenvalue weighted by molar-refractivity contribution is -0.123. The van der Waals surface area contributed by atoms with Crippen LogP contribution in [0.4, 0.5) is 5.69 Å². The van der Waals surface area contributed by atoms with Gasteiger partial charge in [-0.05, 0) is 56.1 Å². The van der Waals surface area contributed by atoms with Gasteiger partial charge >= 0.3 is 0 Å². The average molecular weight is 378 g/mol. The van der Waals surface area contributed by atoms with E-state index in [1.165, 1.54) is 31.4 Å². The van der Waals surface area contributed by atoms with Crippen molar-refractivity contribution in [2.24, 2.45) is 17.8 Å². The summed E-state index contributed by atoms with van der Waals surface area (Å²) in [6.45, 7) is 6.69. The standard InChI is InChI=1S/C21H31N3O.ClH/c1-16(20-14-17-7-8-18(20)13-17)22-21(25)15-23-9-11-24(12-10-23)19-5-3-2-4-6-19;/h2-6,16-18,20H,7-15H2,1H3,(H,22,25);1H. The molecule has 4 nitrogen and oxygen atoms in total. The number of fused-ring (bicyclic) bond motifs is 2. The molecule has 4 unspecified atom stereocenters. The molecule has 26 heavy (non-hydrogen) atoms. The van der Waals surface area contributed by atoms with Crippen molar-refractivity contribution in [3.8, 4) is 0 Å². The summed E-state index contributed by atoms with van der Waals surface area (Å²) >= 11 is 0. The minimum atomic E-state index is 0. The van der Waals surface area contributed by atoms with Crippen molar-refractivity contribution < 1.29 is 4.79 Å². The van der Waals surface area contributed by atoms with Crippen molar-refractivity contribution in [2.45, 2.75) is 38.6 Å². The number of nitrogens with one attached hydrogen (secondary N) is 1. The fourth-order valence-electron chi connectivity index (χ4n) is 5.32. The average Bonchev–Trinajstić information content (AvgIpc) is 3.26. The molecule has 2 bridgehead atoms. The maximum Gasteiger partial charge on any atom is 0.234 e. The first-order valence-electron chi connectivity index (χ1n) is 10.0. The van der Waals surface area contributed by atoms with Crippen LogP contribution < -0.4 is 10.2 Å². The smallest absolute Gasteiger partial charge is 0.234 e. The van der Waals surface area contributed by atoms with Crippen LogP contribution in [0.5, 0.6) is 0 Å². The predicted octanol–water partition coefficient (Wildman–Crippen LogP) is 3.17. The molecule has 4 rings (SSSR count). The maximum atomic E-state index is 12.5. The summed E-state index contributed by atoms with van der Waals surface area (Å²) in [5, 5.41) is 3.30. The number of amides is 1. The number of benzene rings is 1. The van der Waals surface area contributed by atoms with Crippen LogP contribution in [0.2, 0.25) is 0 Å².